The van der Waals surface area contributed by atoms with Crippen LogP contribution in [0.3, 0.4) is 0 Å². The first kappa shape index (κ1) is 14.4. The molecule has 18 heavy (non-hydrogen) atoms. The zero-order chi connectivity index (χ0) is 13.8. The summed E-state index contributed by atoms with van der Waals surface area (Å²) in [6.07, 6.45) is 1.51. The Morgan fingerprint density at radius 2 is 2.06 bits per heavy atom. The van der Waals surface area contributed by atoms with Gasteiger partial charge in [0, 0.05) is 12.1 Å². The number of carbonyl (C=O) groups excluding carboxylic acids is 3. The molecule has 1 fully saturated rings. The van der Waals surface area contributed by atoms with Crippen molar-refractivity contribution in [2.24, 2.45) is 5.73 Å². The molecule has 4 amide bonds. The van der Waals surface area contributed by atoms with E-state index < -0.39 is 11.6 Å². The number of imide groups is 1. The molecule has 1 heterocycles. The third kappa shape index (κ3) is 3.69. The van der Waals surface area contributed by atoms with Gasteiger partial charge in [0.25, 0.3) is 0 Å². The number of nitrogens with two attached hydrogens (primary N) is 1. The Morgan fingerprint density at radius 1 is 1.44 bits per heavy atom. The fraction of sp³-hybridized carbons (Fsp3) is 0.727. The van der Waals surface area contributed by atoms with Crippen LogP contribution >= 0.6 is 0 Å². The van der Waals surface area contributed by atoms with Gasteiger partial charge in [-0.3, -0.25) is 14.9 Å². The van der Waals surface area contributed by atoms with E-state index in [1.165, 1.54) is 0 Å². The first-order valence-corrected chi connectivity index (χ1v) is 6.04. The lowest BCUT2D eigenvalue weighted by Crippen LogP contribution is -2.51. The zero-order valence-electron chi connectivity index (χ0n) is 10.8. The first-order chi connectivity index (χ1) is 8.40. The molecule has 1 saturated heterocycles. The monoisotopic (exact) mass is 256 g/mol. The number of hydrogen-bond acceptors (Lipinski definition) is 4. The maximum Gasteiger partial charge on any atom is 0.325 e. The van der Waals surface area contributed by atoms with E-state index in [0.717, 1.165) is 17.7 Å². The van der Waals surface area contributed by atoms with Crippen LogP contribution in [-0.2, 0) is 9.59 Å². The molecule has 0 aliphatic carbocycles. The summed E-state index contributed by atoms with van der Waals surface area (Å²) in [5, 5.41) is 4.80. The molecule has 0 radical (unpaired) electrons. The molecule has 7 heteroatoms. The van der Waals surface area contributed by atoms with E-state index in [4.69, 9.17) is 5.73 Å². The zero-order valence-corrected chi connectivity index (χ0v) is 10.8. The molecule has 0 saturated carbocycles. The summed E-state index contributed by atoms with van der Waals surface area (Å²) in [7, 11) is 0. The van der Waals surface area contributed by atoms with Gasteiger partial charge in [-0.15, -0.1) is 0 Å². The maximum absolute atomic E-state index is 11.6. The number of hydrogen-bond donors (Lipinski definition) is 3. The largest absolute Gasteiger partial charge is 0.353 e. The molecule has 1 aliphatic heterocycles. The van der Waals surface area contributed by atoms with Gasteiger partial charge in [0.2, 0.25) is 11.8 Å². The predicted octanol–water partition coefficient (Wildman–Crippen LogP) is -0.828. The van der Waals surface area contributed by atoms with Gasteiger partial charge in [-0.25, -0.2) is 4.79 Å². The van der Waals surface area contributed by atoms with Crippen LogP contribution in [-0.4, -0.2) is 47.9 Å². The molecular weight excluding hydrogens is 236 g/mol. The third-order valence-corrected chi connectivity index (χ3v) is 3.25. The molecule has 0 aromatic carbocycles. The summed E-state index contributed by atoms with van der Waals surface area (Å²) >= 11 is 0. The Labute approximate surface area is 106 Å². The summed E-state index contributed by atoms with van der Waals surface area (Å²) in [5.74, 6) is -0.695. The number of rotatable bonds is 6. The Hall–Kier alpha value is -1.63. The van der Waals surface area contributed by atoms with Crippen molar-refractivity contribution in [3.63, 3.8) is 0 Å². The number of nitrogens with one attached hydrogen (secondary N) is 2. The van der Waals surface area contributed by atoms with Gasteiger partial charge in [0.15, 0.2) is 0 Å². The van der Waals surface area contributed by atoms with Gasteiger partial charge in [-0.2, -0.15) is 0 Å². The van der Waals surface area contributed by atoms with Crippen molar-refractivity contribution in [1.82, 2.24) is 15.5 Å². The van der Waals surface area contributed by atoms with Gasteiger partial charge in [-0.1, -0.05) is 13.8 Å². The summed E-state index contributed by atoms with van der Waals surface area (Å²) in [6.45, 7) is 4.09. The van der Waals surface area contributed by atoms with Crippen LogP contribution in [0, 0.1) is 0 Å². The minimum absolute atomic E-state index is 0.0679. The van der Waals surface area contributed by atoms with E-state index in [0.29, 0.717) is 6.54 Å². The molecule has 102 valence electrons. The van der Waals surface area contributed by atoms with Gasteiger partial charge < -0.3 is 16.0 Å². The average molecular weight is 256 g/mol. The molecule has 0 spiro atoms. The van der Waals surface area contributed by atoms with Crippen LogP contribution in [0.1, 0.15) is 26.7 Å². The van der Waals surface area contributed by atoms with E-state index in [1.807, 2.05) is 13.8 Å². The number of urea groups is 1. The summed E-state index contributed by atoms with van der Waals surface area (Å²) in [6, 6.07) is -0.528. The Bertz CT molecular complexity index is 352. The second kappa shape index (κ2) is 5.81. The number of carbonyl (C=O) groups is 3. The van der Waals surface area contributed by atoms with Crippen molar-refractivity contribution in [2.75, 3.05) is 19.6 Å². The maximum atomic E-state index is 11.6. The molecule has 1 aliphatic rings. The van der Waals surface area contributed by atoms with E-state index in [2.05, 4.69) is 10.6 Å². The number of amides is 4. The van der Waals surface area contributed by atoms with Gasteiger partial charge >= 0.3 is 6.03 Å². The van der Waals surface area contributed by atoms with E-state index in [1.54, 1.807) is 0 Å². The smallest absolute Gasteiger partial charge is 0.325 e. The molecule has 0 aromatic heterocycles. The molecule has 0 aromatic rings. The SMILES string of the molecule is CCC(N)(CC)CNC(=O)CN1CC(=O)NC1=O. The average Bonchev–Trinajstić information content (AvgIpc) is 2.65. The van der Waals surface area contributed by atoms with Crippen molar-refractivity contribution >= 4 is 17.8 Å². The molecule has 0 atom stereocenters. The minimum Gasteiger partial charge on any atom is -0.353 e. The predicted molar refractivity (Wildman–Crippen MR) is 65.6 cm³/mol. The molecule has 0 unspecified atom stereocenters. The van der Waals surface area contributed by atoms with E-state index in [9.17, 15) is 14.4 Å². The normalized spacial score (nSPS) is 15.8. The highest BCUT2D eigenvalue weighted by atomic mass is 16.2. The fourth-order valence-corrected chi connectivity index (χ4v) is 1.61. The van der Waals surface area contributed by atoms with Crippen molar-refractivity contribution in [3.05, 3.63) is 0 Å². The summed E-state index contributed by atoms with van der Waals surface area (Å²) in [5.41, 5.74) is 5.62. The lowest BCUT2D eigenvalue weighted by molar-refractivity contribution is -0.122. The van der Waals surface area contributed by atoms with Crippen molar-refractivity contribution in [3.8, 4) is 0 Å². The van der Waals surface area contributed by atoms with Crippen LogP contribution in [0.25, 0.3) is 0 Å². The lowest BCUT2D eigenvalue weighted by Gasteiger charge is -2.27. The highest BCUT2D eigenvalue weighted by Crippen LogP contribution is 2.09. The molecule has 7 nitrogen and oxygen atoms in total. The van der Waals surface area contributed by atoms with E-state index in [-0.39, 0.29) is 24.9 Å². The van der Waals surface area contributed by atoms with Gasteiger partial charge in [0.05, 0.1) is 0 Å². The molecular formula is C11H20N4O3. The third-order valence-electron chi connectivity index (χ3n) is 3.25. The van der Waals surface area contributed by atoms with Crippen LogP contribution in [0.4, 0.5) is 4.79 Å². The molecule has 4 N–H and O–H groups in total. The Balaban J connectivity index is 2.38. The van der Waals surface area contributed by atoms with Crippen LogP contribution in [0.2, 0.25) is 0 Å². The minimum atomic E-state index is -0.528. The second-order valence-electron chi connectivity index (χ2n) is 4.56. The van der Waals surface area contributed by atoms with Crippen LogP contribution in [0.15, 0.2) is 0 Å². The summed E-state index contributed by atoms with van der Waals surface area (Å²) < 4.78 is 0. The number of nitrogens with zero attached hydrogens (tertiary/aromatic N) is 1. The molecule has 1 rings (SSSR count). The van der Waals surface area contributed by atoms with Crippen molar-refractivity contribution in [2.45, 2.75) is 32.2 Å². The van der Waals surface area contributed by atoms with E-state index >= 15 is 0 Å². The fourth-order valence-electron chi connectivity index (χ4n) is 1.61. The highest BCUT2D eigenvalue weighted by Gasteiger charge is 2.28. The summed E-state index contributed by atoms with van der Waals surface area (Å²) in [4.78, 5) is 34.9. The second-order valence-corrected chi connectivity index (χ2v) is 4.56. The highest BCUT2D eigenvalue weighted by molar-refractivity contribution is 6.03. The topological polar surface area (TPSA) is 105 Å². The Morgan fingerprint density at radius 3 is 2.50 bits per heavy atom. The first-order valence-electron chi connectivity index (χ1n) is 6.04. The van der Waals surface area contributed by atoms with Crippen molar-refractivity contribution < 1.29 is 14.4 Å². The lowest BCUT2D eigenvalue weighted by atomic mass is 9.94. The Kier molecular flexibility index (Phi) is 4.66. The standard InChI is InChI=1S/C11H20N4O3/c1-3-11(12,4-2)7-13-8(16)5-15-6-9(17)14-10(15)18/h3-7,12H2,1-2H3,(H,13,16)(H,14,17,18). The quantitative estimate of drug-likeness (QED) is 0.539. The van der Waals surface area contributed by atoms with Gasteiger partial charge in [-0.05, 0) is 12.8 Å². The van der Waals surface area contributed by atoms with Crippen LogP contribution < -0.4 is 16.4 Å². The van der Waals surface area contributed by atoms with Gasteiger partial charge in [0.1, 0.15) is 13.1 Å². The molecule has 0 bridgehead atoms. The van der Waals surface area contributed by atoms with Crippen LogP contribution in [0.5, 0.6) is 0 Å². The van der Waals surface area contributed by atoms with Crippen molar-refractivity contribution in [1.29, 1.82) is 0 Å².